The zero-order valence-electron chi connectivity index (χ0n) is 16.2. The number of rotatable bonds is 3. The monoisotopic (exact) mass is 400 g/mol. The second-order valence-corrected chi connectivity index (χ2v) is 7.26. The predicted molar refractivity (Wildman–Crippen MR) is 112 cm³/mol. The Morgan fingerprint density at radius 3 is 2.63 bits per heavy atom. The zero-order valence-corrected chi connectivity index (χ0v) is 16.2. The molecule has 0 fully saturated rings. The lowest BCUT2D eigenvalue weighted by Gasteiger charge is -2.29. The molecule has 1 N–H and O–H groups in total. The van der Waals surface area contributed by atoms with Gasteiger partial charge in [0.1, 0.15) is 23.9 Å². The Balaban J connectivity index is 1.57. The Labute approximate surface area is 174 Å². The molecule has 3 aromatic carbocycles. The van der Waals surface area contributed by atoms with Gasteiger partial charge in [0.05, 0.1) is 6.61 Å². The Bertz CT molecular complexity index is 1130. The fraction of sp³-hybridized carbons (Fsp3) is 0.160. The summed E-state index contributed by atoms with van der Waals surface area (Å²) < 4.78 is 17.7. The molecule has 5 nitrogen and oxygen atoms in total. The fourth-order valence-electron chi connectivity index (χ4n) is 3.97. The number of phenolic OH excluding ortho intramolecular Hbond substituents is 1. The number of hydrogen-bond acceptors (Lipinski definition) is 5. The molecule has 2 heterocycles. The first-order valence-electron chi connectivity index (χ1n) is 9.86. The van der Waals surface area contributed by atoms with Crippen molar-refractivity contribution >= 4 is 17.1 Å². The van der Waals surface area contributed by atoms with Crippen molar-refractivity contribution < 1.29 is 24.1 Å². The van der Waals surface area contributed by atoms with Crippen molar-refractivity contribution in [3.63, 3.8) is 0 Å². The molecular formula is C25H20O5. The van der Waals surface area contributed by atoms with Crippen molar-refractivity contribution in [2.45, 2.75) is 19.1 Å². The van der Waals surface area contributed by atoms with Gasteiger partial charge in [-0.15, -0.1) is 0 Å². The van der Waals surface area contributed by atoms with Crippen LogP contribution in [0.1, 0.15) is 23.1 Å². The third kappa shape index (κ3) is 3.28. The highest BCUT2D eigenvalue weighted by Gasteiger charge is 2.38. The molecular weight excluding hydrogens is 380 g/mol. The maximum atomic E-state index is 13.2. The summed E-state index contributed by atoms with van der Waals surface area (Å²) in [7, 11) is 0. The van der Waals surface area contributed by atoms with E-state index in [9.17, 15) is 9.90 Å². The topological polar surface area (TPSA) is 65.0 Å². The molecule has 0 spiro atoms. The minimum atomic E-state index is -0.944. The van der Waals surface area contributed by atoms with Crippen LogP contribution in [0.4, 0.5) is 0 Å². The first-order valence-corrected chi connectivity index (χ1v) is 9.86. The van der Waals surface area contributed by atoms with Crippen molar-refractivity contribution in [3.8, 4) is 17.2 Å². The van der Waals surface area contributed by atoms with Gasteiger partial charge in [0.2, 0.25) is 6.10 Å². The summed E-state index contributed by atoms with van der Waals surface area (Å²) >= 11 is 0. The van der Waals surface area contributed by atoms with E-state index in [1.165, 1.54) is 6.07 Å². The molecule has 30 heavy (non-hydrogen) atoms. The number of para-hydroxylation sites is 1. The number of hydrogen-bond donors (Lipinski definition) is 1. The first kappa shape index (κ1) is 18.3. The molecule has 0 bridgehead atoms. The SMILES string of the molecule is O=C(OCc1ccccc1)C1Oc2cc(O)ccc2C2=C1c1ccccc1OCC2. The minimum Gasteiger partial charge on any atom is -0.508 e. The average molecular weight is 400 g/mol. The van der Waals surface area contributed by atoms with Crippen LogP contribution in [0, 0.1) is 0 Å². The number of carbonyl (C=O) groups is 1. The third-order valence-corrected chi connectivity index (χ3v) is 5.35. The van der Waals surface area contributed by atoms with Crippen molar-refractivity contribution in [2.24, 2.45) is 0 Å². The smallest absolute Gasteiger partial charge is 0.352 e. The Kier molecular flexibility index (Phi) is 4.64. The second kappa shape index (κ2) is 7.59. The van der Waals surface area contributed by atoms with E-state index in [4.69, 9.17) is 14.2 Å². The van der Waals surface area contributed by atoms with Gasteiger partial charge in [-0.2, -0.15) is 0 Å². The van der Waals surface area contributed by atoms with Crippen LogP contribution in [0.3, 0.4) is 0 Å². The summed E-state index contributed by atoms with van der Waals surface area (Å²) in [5.41, 5.74) is 4.32. The molecule has 1 unspecified atom stereocenters. The summed E-state index contributed by atoms with van der Waals surface area (Å²) in [6, 6.07) is 22.2. The van der Waals surface area contributed by atoms with Crippen LogP contribution < -0.4 is 9.47 Å². The quantitative estimate of drug-likeness (QED) is 0.652. The average Bonchev–Trinajstić information content (AvgIpc) is 2.97. The number of esters is 1. The minimum absolute atomic E-state index is 0.0828. The van der Waals surface area contributed by atoms with E-state index < -0.39 is 12.1 Å². The van der Waals surface area contributed by atoms with Crippen LogP contribution in [-0.4, -0.2) is 23.8 Å². The van der Waals surface area contributed by atoms with Gasteiger partial charge in [-0.1, -0.05) is 48.5 Å². The maximum absolute atomic E-state index is 13.2. The molecule has 5 rings (SSSR count). The molecule has 0 saturated heterocycles. The van der Waals surface area contributed by atoms with Crippen LogP contribution >= 0.6 is 0 Å². The van der Waals surface area contributed by atoms with Crippen molar-refractivity contribution in [1.29, 1.82) is 0 Å². The lowest BCUT2D eigenvalue weighted by atomic mass is 9.87. The molecule has 1 atom stereocenters. The van der Waals surface area contributed by atoms with E-state index in [0.717, 1.165) is 27.8 Å². The molecule has 5 heteroatoms. The number of phenols is 1. The van der Waals surface area contributed by atoms with Crippen LogP contribution in [0.25, 0.3) is 11.1 Å². The van der Waals surface area contributed by atoms with Gasteiger partial charge in [0.15, 0.2) is 0 Å². The first-order chi connectivity index (χ1) is 14.7. The van der Waals surface area contributed by atoms with E-state index in [1.54, 1.807) is 6.07 Å². The van der Waals surface area contributed by atoms with E-state index in [2.05, 4.69) is 0 Å². The largest absolute Gasteiger partial charge is 0.508 e. The third-order valence-electron chi connectivity index (χ3n) is 5.35. The van der Waals surface area contributed by atoms with Crippen LogP contribution in [0.15, 0.2) is 72.8 Å². The predicted octanol–water partition coefficient (Wildman–Crippen LogP) is 4.59. The number of carbonyl (C=O) groups excluding carboxylic acids is 1. The molecule has 3 aromatic rings. The zero-order chi connectivity index (χ0) is 20.5. The fourth-order valence-corrected chi connectivity index (χ4v) is 3.97. The molecule has 0 amide bonds. The number of aromatic hydroxyl groups is 1. The van der Waals surface area contributed by atoms with Crippen LogP contribution in [-0.2, 0) is 16.1 Å². The summed E-state index contributed by atoms with van der Waals surface area (Å²) in [6.07, 6.45) is -0.325. The second-order valence-electron chi connectivity index (χ2n) is 7.26. The maximum Gasteiger partial charge on any atom is 0.352 e. The Morgan fingerprint density at radius 2 is 1.77 bits per heavy atom. The normalized spacial score (nSPS) is 16.9. The summed E-state index contributed by atoms with van der Waals surface area (Å²) in [5, 5.41) is 9.94. The Hall–Kier alpha value is -3.73. The van der Waals surface area contributed by atoms with Crippen LogP contribution in [0.5, 0.6) is 17.2 Å². The highest BCUT2D eigenvalue weighted by Crippen LogP contribution is 2.46. The van der Waals surface area contributed by atoms with Crippen molar-refractivity contribution in [2.75, 3.05) is 6.61 Å². The van der Waals surface area contributed by atoms with Gasteiger partial charge in [0, 0.05) is 29.2 Å². The number of fused-ring (bicyclic) bond motifs is 4. The molecule has 0 saturated carbocycles. The highest BCUT2D eigenvalue weighted by atomic mass is 16.6. The lowest BCUT2D eigenvalue weighted by molar-refractivity contribution is -0.150. The standard InChI is InChI=1S/C25H20O5/c26-17-10-11-18-19-12-13-28-21-9-5-4-8-20(21)23(19)24(30-22(18)14-17)25(27)29-15-16-6-2-1-3-7-16/h1-11,14,24,26H,12-13,15H2. The number of ether oxygens (including phenoxy) is 3. The van der Waals surface area contributed by atoms with E-state index in [0.29, 0.717) is 24.5 Å². The summed E-state index contributed by atoms with van der Waals surface area (Å²) in [6.45, 7) is 0.648. The molecule has 2 aliphatic rings. The van der Waals surface area contributed by atoms with E-state index in [1.807, 2.05) is 60.7 Å². The van der Waals surface area contributed by atoms with Gasteiger partial charge >= 0.3 is 5.97 Å². The molecule has 2 aliphatic heterocycles. The summed E-state index contributed by atoms with van der Waals surface area (Å²) in [4.78, 5) is 13.2. The van der Waals surface area contributed by atoms with Gasteiger partial charge in [-0.25, -0.2) is 4.79 Å². The van der Waals surface area contributed by atoms with Crippen LogP contribution in [0.2, 0.25) is 0 Å². The molecule has 0 aliphatic carbocycles. The summed E-state index contributed by atoms with van der Waals surface area (Å²) in [5.74, 6) is 0.792. The lowest BCUT2D eigenvalue weighted by Crippen LogP contribution is -2.33. The van der Waals surface area contributed by atoms with Crippen molar-refractivity contribution in [1.82, 2.24) is 0 Å². The van der Waals surface area contributed by atoms with Crippen molar-refractivity contribution in [3.05, 3.63) is 89.5 Å². The molecule has 0 aromatic heterocycles. The van der Waals surface area contributed by atoms with E-state index in [-0.39, 0.29) is 12.4 Å². The van der Waals surface area contributed by atoms with Gasteiger partial charge < -0.3 is 19.3 Å². The number of benzene rings is 3. The van der Waals surface area contributed by atoms with Gasteiger partial charge in [0.25, 0.3) is 0 Å². The highest BCUT2D eigenvalue weighted by molar-refractivity contribution is 6.05. The van der Waals surface area contributed by atoms with Gasteiger partial charge in [-0.05, 0) is 29.3 Å². The van der Waals surface area contributed by atoms with E-state index >= 15 is 0 Å². The molecule has 150 valence electrons. The molecule has 0 radical (unpaired) electrons. The Morgan fingerprint density at radius 1 is 0.967 bits per heavy atom. The van der Waals surface area contributed by atoms with Gasteiger partial charge in [-0.3, -0.25) is 0 Å².